The molecule has 1 fully saturated rings. The molecule has 0 unspecified atom stereocenters. The zero-order valence-corrected chi connectivity index (χ0v) is 13.9. The highest BCUT2D eigenvalue weighted by Gasteiger charge is 2.35. The number of halogens is 3. The maximum Gasteiger partial charge on any atom is 0.222 e. The van der Waals surface area contributed by atoms with Crippen LogP contribution in [0.5, 0.6) is 0 Å². The number of carbonyl (C=O) groups excluding carboxylic acids is 1. The van der Waals surface area contributed by atoms with Gasteiger partial charge in [0.05, 0.1) is 6.61 Å². The Bertz CT molecular complexity index is 572. The molecule has 0 aliphatic carbocycles. The summed E-state index contributed by atoms with van der Waals surface area (Å²) < 4.78 is 39.7. The van der Waals surface area contributed by atoms with E-state index in [9.17, 15) is 18.0 Å². The Morgan fingerprint density at radius 3 is 2.46 bits per heavy atom. The highest BCUT2D eigenvalue weighted by Crippen LogP contribution is 2.26. The van der Waals surface area contributed by atoms with Crippen molar-refractivity contribution in [2.24, 2.45) is 11.8 Å². The van der Waals surface area contributed by atoms with Crippen LogP contribution in [0, 0.1) is 29.3 Å². The lowest BCUT2D eigenvalue weighted by Gasteiger charge is -2.22. The Morgan fingerprint density at radius 2 is 1.92 bits per heavy atom. The molecule has 0 aromatic heterocycles. The van der Waals surface area contributed by atoms with Crippen LogP contribution in [0.2, 0.25) is 0 Å². The summed E-state index contributed by atoms with van der Waals surface area (Å²) >= 11 is 0. The van der Waals surface area contributed by atoms with Gasteiger partial charge < -0.3 is 10.4 Å². The van der Waals surface area contributed by atoms with E-state index in [-0.39, 0.29) is 37.4 Å². The highest BCUT2D eigenvalue weighted by atomic mass is 19.2. The van der Waals surface area contributed by atoms with E-state index in [1.807, 2.05) is 4.90 Å². The molecule has 1 amide bonds. The number of aliphatic hydroxyl groups excluding tert-OH is 1. The second-order valence-corrected chi connectivity index (χ2v) is 6.62. The first-order valence-corrected chi connectivity index (χ1v) is 8.07. The van der Waals surface area contributed by atoms with Gasteiger partial charge in [0, 0.05) is 32.1 Å². The summed E-state index contributed by atoms with van der Waals surface area (Å²) in [7, 11) is 0. The number of benzene rings is 1. The summed E-state index contributed by atoms with van der Waals surface area (Å²) in [6, 6.07) is 1.92. The number of amides is 1. The maximum absolute atomic E-state index is 13.3. The van der Waals surface area contributed by atoms with Crippen LogP contribution < -0.4 is 5.32 Å². The first kappa shape index (κ1) is 18.7. The molecule has 1 aliphatic heterocycles. The fourth-order valence-electron chi connectivity index (χ4n) is 3.21. The van der Waals surface area contributed by atoms with Crippen molar-refractivity contribution in [1.82, 2.24) is 10.2 Å². The van der Waals surface area contributed by atoms with E-state index >= 15 is 0 Å². The third-order valence-corrected chi connectivity index (χ3v) is 4.43. The topological polar surface area (TPSA) is 52.6 Å². The van der Waals surface area contributed by atoms with E-state index in [4.69, 9.17) is 5.11 Å². The third-order valence-electron chi connectivity index (χ3n) is 4.43. The molecule has 0 saturated carbocycles. The number of hydrogen-bond donors (Lipinski definition) is 2. The second kappa shape index (κ2) is 7.98. The van der Waals surface area contributed by atoms with Gasteiger partial charge in [0.25, 0.3) is 0 Å². The summed E-state index contributed by atoms with van der Waals surface area (Å²) in [5.41, 5.74) is 0.358. The molecule has 1 aromatic rings. The van der Waals surface area contributed by atoms with Crippen molar-refractivity contribution in [3.8, 4) is 0 Å². The number of nitrogens with one attached hydrogen (secondary N) is 1. The van der Waals surface area contributed by atoms with Crippen molar-refractivity contribution >= 4 is 5.91 Å². The summed E-state index contributed by atoms with van der Waals surface area (Å²) in [4.78, 5) is 13.7. The Labute approximate surface area is 139 Å². The molecular formula is C17H23F3N2O2. The van der Waals surface area contributed by atoms with Crippen molar-refractivity contribution in [3.63, 3.8) is 0 Å². The average Bonchev–Trinajstić information content (AvgIpc) is 2.87. The molecule has 7 heteroatoms. The molecule has 24 heavy (non-hydrogen) atoms. The smallest absolute Gasteiger partial charge is 0.222 e. The molecule has 134 valence electrons. The van der Waals surface area contributed by atoms with Gasteiger partial charge in [-0.1, -0.05) is 13.8 Å². The Kier molecular flexibility index (Phi) is 6.23. The largest absolute Gasteiger partial charge is 0.396 e. The molecule has 2 rings (SSSR count). The summed E-state index contributed by atoms with van der Waals surface area (Å²) in [5, 5.41) is 11.7. The fraction of sp³-hybridized carbons (Fsp3) is 0.588. The van der Waals surface area contributed by atoms with Crippen molar-refractivity contribution in [3.05, 3.63) is 35.1 Å². The Balaban J connectivity index is 2.06. The Morgan fingerprint density at radius 1 is 1.29 bits per heavy atom. The SMILES string of the molecule is CC(C)[C@@H]1CN(Cc2cc(F)c(F)c(F)c2)C[C@H]1NC(=O)CCO. The van der Waals surface area contributed by atoms with Gasteiger partial charge in [-0.25, -0.2) is 13.2 Å². The highest BCUT2D eigenvalue weighted by molar-refractivity contribution is 5.76. The van der Waals surface area contributed by atoms with Gasteiger partial charge in [-0.15, -0.1) is 0 Å². The van der Waals surface area contributed by atoms with E-state index in [0.717, 1.165) is 12.1 Å². The van der Waals surface area contributed by atoms with Gasteiger partial charge in [0.2, 0.25) is 5.91 Å². The number of aliphatic hydroxyl groups is 1. The molecule has 1 saturated heterocycles. The first-order valence-electron chi connectivity index (χ1n) is 8.07. The van der Waals surface area contributed by atoms with Gasteiger partial charge in [0.1, 0.15) is 0 Å². The predicted molar refractivity (Wildman–Crippen MR) is 83.6 cm³/mol. The van der Waals surface area contributed by atoms with Gasteiger partial charge in [-0.2, -0.15) is 0 Å². The van der Waals surface area contributed by atoms with Crippen LogP contribution in [-0.2, 0) is 11.3 Å². The van der Waals surface area contributed by atoms with E-state index in [2.05, 4.69) is 19.2 Å². The standard InChI is InChI=1S/C17H23F3N2O2/c1-10(2)12-8-22(9-15(12)21-16(24)3-4-23)7-11-5-13(18)17(20)14(19)6-11/h5-6,10,12,15,23H,3-4,7-9H2,1-2H3,(H,21,24)/t12-,15+/m0/s1. The lowest BCUT2D eigenvalue weighted by molar-refractivity contribution is -0.122. The molecule has 0 spiro atoms. The van der Waals surface area contributed by atoms with E-state index in [1.54, 1.807) is 0 Å². The van der Waals surface area contributed by atoms with Crippen LogP contribution >= 0.6 is 0 Å². The van der Waals surface area contributed by atoms with Crippen LogP contribution in [-0.4, -0.2) is 41.7 Å². The molecule has 4 nitrogen and oxygen atoms in total. The van der Waals surface area contributed by atoms with Gasteiger partial charge >= 0.3 is 0 Å². The van der Waals surface area contributed by atoms with Gasteiger partial charge in [0.15, 0.2) is 17.5 Å². The quantitative estimate of drug-likeness (QED) is 0.777. The third kappa shape index (κ3) is 4.48. The number of likely N-dealkylation sites (tertiary alicyclic amines) is 1. The predicted octanol–water partition coefficient (Wildman–Crippen LogP) is 2.06. The van der Waals surface area contributed by atoms with Crippen molar-refractivity contribution in [2.75, 3.05) is 19.7 Å². The second-order valence-electron chi connectivity index (χ2n) is 6.62. The minimum Gasteiger partial charge on any atom is -0.396 e. The molecule has 0 bridgehead atoms. The van der Waals surface area contributed by atoms with Gasteiger partial charge in [-0.05, 0) is 29.5 Å². The zero-order valence-electron chi connectivity index (χ0n) is 13.9. The van der Waals surface area contributed by atoms with Crippen LogP contribution in [0.25, 0.3) is 0 Å². The van der Waals surface area contributed by atoms with Gasteiger partial charge in [-0.3, -0.25) is 9.69 Å². The van der Waals surface area contributed by atoms with Crippen molar-refractivity contribution in [1.29, 1.82) is 0 Å². The van der Waals surface area contributed by atoms with E-state index in [0.29, 0.717) is 24.6 Å². The molecule has 2 N–H and O–H groups in total. The monoisotopic (exact) mass is 344 g/mol. The van der Waals surface area contributed by atoms with Crippen LogP contribution in [0.3, 0.4) is 0 Å². The molecule has 1 aliphatic rings. The van der Waals surface area contributed by atoms with E-state index < -0.39 is 17.5 Å². The lowest BCUT2D eigenvalue weighted by atomic mass is 9.91. The Hall–Kier alpha value is -1.60. The first-order chi connectivity index (χ1) is 11.3. The van der Waals surface area contributed by atoms with Crippen LogP contribution in [0.15, 0.2) is 12.1 Å². The maximum atomic E-state index is 13.3. The minimum absolute atomic E-state index is 0.0513. The average molecular weight is 344 g/mol. The number of hydrogen-bond acceptors (Lipinski definition) is 3. The number of carbonyl (C=O) groups is 1. The van der Waals surface area contributed by atoms with Crippen molar-refractivity contribution < 1.29 is 23.1 Å². The lowest BCUT2D eigenvalue weighted by Crippen LogP contribution is -2.42. The fourth-order valence-corrected chi connectivity index (χ4v) is 3.21. The summed E-state index contributed by atoms with van der Waals surface area (Å²) in [6.07, 6.45) is 0.0513. The summed E-state index contributed by atoms with van der Waals surface area (Å²) in [5.74, 6) is -3.56. The number of nitrogens with zero attached hydrogens (tertiary/aromatic N) is 1. The molecule has 1 aromatic carbocycles. The zero-order chi connectivity index (χ0) is 17.9. The molecule has 0 radical (unpaired) electrons. The summed E-state index contributed by atoms with van der Waals surface area (Å²) in [6.45, 7) is 5.39. The van der Waals surface area contributed by atoms with Crippen LogP contribution in [0.4, 0.5) is 13.2 Å². The van der Waals surface area contributed by atoms with E-state index in [1.165, 1.54) is 0 Å². The van der Waals surface area contributed by atoms with Crippen molar-refractivity contribution in [2.45, 2.75) is 32.9 Å². The minimum atomic E-state index is -1.46. The number of rotatable bonds is 6. The molecular weight excluding hydrogens is 321 g/mol. The normalized spacial score (nSPS) is 21.5. The van der Waals surface area contributed by atoms with Crippen LogP contribution in [0.1, 0.15) is 25.8 Å². The molecule has 1 heterocycles. The molecule has 2 atom stereocenters.